The number of methoxy groups -OCH3 is 2. The van der Waals surface area contributed by atoms with Crippen LogP contribution in [0.4, 0.5) is 0 Å². The predicted octanol–water partition coefficient (Wildman–Crippen LogP) is 3.72. The van der Waals surface area contributed by atoms with Gasteiger partial charge in [0, 0.05) is 12.2 Å². The zero-order valence-electron chi connectivity index (χ0n) is 13.4. The lowest BCUT2D eigenvalue weighted by Gasteiger charge is -2.16. The Hall–Kier alpha value is -1.26. The molecule has 0 heterocycles. The highest BCUT2D eigenvalue weighted by molar-refractivity contribution is 5.41. The second-order valence-corrected chi connectivity index (χ2v) is 5.11. The molecule has 0 aliphatic rings. The van der Waals surface area contributed by atoms with Gasteiger partial charge in [0.25, 0.3) is 0 Å². The molecular weight excluding hydrogens is 268 g/mol. The number of aliphatic hydroxyl groups is 1. The summed E-state index contributed by atoms with van der Waals surface area (Å²) in [6, 6.07) is 5.39. The zero-order chi connectivity index (χ0) is 15.5. The fourth-order valence-electron chi connectivity index (χ4n) is 2.19. The molecular formula is C17H28O4. The van der Waals surface area contributed by atoms with Crippen molar-refractivity contribution in [1.29, 1.82) is 0 Å². The third kappa shape index (κ3) is 6.36. The van der Waals surface area contributed by atoms with Crippen molar-refractivity contribution in [2.24, 2.45) is 0 Å². The van der Waals surface area contributed by atoms with E-state index in [9.17, 15) is 5.11 Å². The van der Waals surface area contributed by atoms with E-state index in [1.807, 2.05) is 6.07 Å². The number of ether oxygens (including phenoxy) is 3. The van der Waals surface area contributed by atoms with Crippen LogP contribution in [0.5, 0.6) is 11.5 Å². The van der Waals surface area contributed by atoms with Crippen LogP contribution in [0, 0.1) is 0 Å². The van der Waals surface area contributed by atoms with Crippen molar-refractivity contribution in [3.8, 4) is 11.5 Å². The highest BCUT2D eigenvalue weighted by atomic mass is 16.5. The minimum atomic E-state index is -0.703. The molecule has 0 fully saturated rings. The van der Waals surface area contributed by atoms with Gasteiger partial charge >= 0.3 is 0 Å². The first-order valence-corrected chi connectivity index (χ1v) is 7.70. The van der Waals surface area contributed by atoms with Gasteiger partial charge in [-0.3, -0.25) is 0 Å². The third-order valence-electron chi connectivity index (χ3n) is 3.46. The summed E-state index contributed by atoms with van der Waals surface area (Å²) in [7, 11) is 3.19. The van der Waals surface area contributed by atoms with Gasteiger partial charge < -0.3 is 19.3 Å². The van der Waals surface area contributed by atoms with Gasteiger partial charge in [0.2, 0.25) is 0 Å². The molecule has 1 N–H and O–H groups in total. The fourth-order valence-corrected chi connectivity index (χ4v) is 2.19. The second kappa shape index (κ2) is 10.5. The van der Waals surface area contributed by atoms with Gasteiger partial charge in [-0.05, 0) is 24.6 Å². The van der Waals surface area contributed by atoms with Crippen molar-refractivity contribution >= 4 is 0 Å². The number of rotatable bonds is 11. The summed E-state index contributed by atoms with van der Waals surface area (Å²) in [5, 5.41) is 10.2. The molecule has 120 valence electrons. The van der Waals surface area contributed by atoms with Crippen LogP contribution >= 0.6 is 0 Å². The molecule has 0 saturated carbocycles. The van der Waals surface area contributed by atoms with Gasteiger partial charge in [0.05, 0.1) is 20.8 Å². The van der Waals surface area contributed by atoms with Gasteiger partial charge in [-0.1, -0.05) is 32.6 Å². The fraction of sp³-hybridized carbons (Fsp3) is 0.647. The summed E-state index contributed by atoms with van der Waals surface area (Å²) in [5.74, 6) is 1.35. The third-order valence-corrected chi connectivity index (χ3v) is 3.46. The molecule has 0 aliphatic carbocycles. The molecule has 0 bridgehead atoms. The molecule has 0 aromatic heterocycles. The smallest absolute Gasteiger partial charge is 0.125 e. The highest BCUT2D eigenvalue weighted by Crippen LogP contribution is 2.29. The molecule has 4 nitrogen and oxygen atoms in total. The van der Waals surface area contributed by atoms with Crippen molar-refractivity contribution in [3.05, 3.63) is 23.8 Å². The van der Waals surface area contributed by atoms with Gasteiger partial charge in [0.1, 0.15) is 17.6 Å². The summed E-state index contributed by atoms with van der Waals surface area (Å²) in [5.41, 5.74) is 0.697. The summed E-state index contributed by atoms with van der Waals surface area (Å²) < 4.78 is 16.0. The largest absolute Gasteiger partial charge is 0.497 e. The van der Waals surface area contributed by atoms with E-state index in [1.54, 1.807) is 26.4 Å². The van der Waals surface area contributed by atoms with E-state index in [2.05, 4.69) is 6.92 Å². The molecule has 1 aromatic rings. The number of unbranched alkanes of at least 4 members (excludes halogenated alkanes) is 4. The lowest BCUT2D eigenvalue weighted by molar-refractivity contribution is 0.0332. The molecule has 0 radical (unpaired) electrons. The van der Waals surface area contributed by atoms with Crippen LogP contribution in [0.25, 0.3) is 0 Å². The number of hydrogen-bond donors (Lipinski definition) is 1. The highest BCUT2D eigenvalue weighted by Gasteiger charge is 2.14. The van der Waals surface area contributed by atoms with E-state index in [0.29, 0.717) is 23.7 Å². The first-order chi connectivity index (χ1) is 10.2. The molecule has 0 spiro atoms. The monoisotopic (exact) mass is 296 g/mol. The van der Waals surface area contributed by atoms with E-state index in [-0.39, 0.29) is 6.61 Å². The van der Waals surface area contributed by atoms with Crippen LogP contribution in [-0.2, 0) is 4.74 Å². The SMILES string of the molecule is CCCCCCCOCC(O)c1cc(OC)ccc1OC. The first kappa shape index (κ1) is 17.8. The lowest BCUT2D eigenvalue weighted by atomic mass is 10.1. The lowest BCUT2D eigenvalue weighted by Crippen LogP contribution is -2.09. The van der Waals surface area contributed by atoms with Gasteiger partial charge in [0.15, 0.2) is 0 Å². The van der Waals surface area contributed by atoms with E-state index >= 15 is 0 Å². The number of aliphatic hydroxyl groups excluding tert-OH is 1. The van der Waals surface area contributed by atoms with Crippen LogP contribution in [0.2, 0.25) is 0 Å². The zero-order valence-corrected chi connectivity index (χ0v) is 13.4. The summed E-state index contributed by atoms with van der Waals surface area (Å²) >= 11 is 0. The molecule has 0 amide bonds. The predicted molar refractivity (Wildman–Crippen MR) is 84.1 cm³/mol. The van der Waals surface area contributed by atoms with Gasteiger partial charge in [-0.2, -0.15) is 0 Å². The quantitative estimate of drug-likeness (QED) is 0.632. The van der Waals surface area contributed by atoms with Crippen molar-refractivity contribution < 1.29 is 19.3 Å². The molecule has 21 heavy (non-hydrogen) atoms. The number of benzene rings is 1. The maximum absolute atomic E-state index is 10.2. The normalized spacial score (nSPS) is 12.2. The van der Waals surface area contributed by atoms with Gasteiger partial charge in [-0.25, -0.2) is 0 Å². The van der Waals surface area contributed by atoms with Crippen molar-refractivity contribution in [3.63, 3.8) is 0 Å². The molecule has 4 heteroatoms. The van der Waals surface area contributed by atoms with Crippen LogP contribution in [-0.4, -0.2) is 32.5 Å². The molecule has 1 aromatic carbocycles. The Balaban J connectivity index is 2.38. The Morgan fingerprint density at radius 1 is 1.05 bits per heavy atom. The standard InChI is InChI=1S/C17H28O4/c1-4-5-6-7-8-11-21-13-16(18)15-12-14(19-2)9-10-17(15)20-3/h9-10,12,16,18H,4-8,11,13H2,1-3H3. The van der Waals surface area contributed by atoms with Crippen molar-refractivity contribution in [2.45, 2.75) is 45.1 Å². The molecule has 1 unspecified atom stereocenters. The Morgan fingerprint density at radius 2 is 1.81 bits per heavy atom. The molecule has 0 aliphatic heterocycles. The summed E-state index contributed by atoms with van der Waals surface area (Å²) in [6.45, 7) is 3.17. The van der Waals surface area contributed by atoms with Crippen LogP contribution < -0.4 is 9.47 Å². The van der Waals surface area contributed by atoms with Crippen molar-refractivity contribution in [2.75, 3.05) is 27.4 Å². The van der Waals surface area contributed by atoms with E-state index < -0.39 is 6.10 Å². The van der Waals surface area contributed by atoms with Crippen molar-refractivity contribution in [1.82, 2.24) is 0 Å². The maximum Gasteiger partial charge on any atom is 0.125 e. The molecule has 0 saturated heterocycles. The minimum Gasteiger partial charge on any atom is -0.497 e. The first-order valence-electron chi connectivity index (χ1n) is 7.70. The number of hydrogen-bond acceptors (Lipinski definition) is 4. The Bertz CT molecular complexity index is 392. The van der Waals surface area contributed by atoms with Crippen LogP contribution in [0.15, 0.2) is 18.2 Å². The molecule has 1 rings (SSSR count). The maximum atomic E-state index is 10.2. The Kier molecular flexibility index (Phi) is 8.87. The summed E-state index contributed by atoms with van der Waals surface area (Å²) in [4.78, 5) is 0. The minimum absolute atomic E-state index is 0.275. The average molecular weight is 296 g/mol. The van der Waals surface area contributed by atoms with E-state index in [4.69, 9.17) is 14.2 Å². The Labute approximate surface area is 128 Å². The van der Waals surface area contributed by atoms with Crippen LogP contribution in [0.1, 0.15) is 50.7 Å². The topological polar surface area (TPSA) is 47.9 Å². The van der Waals surface area contributed by atoms with Gasteiger partial charge in [-0.15, -0.1) is 0 Å². The Morgan fingerprint density at radius 3 is 2.48 bits per heavy atom. The van der Waals surface area contributed by atoms with Crippen LogP contribution in [0.3, 0.4) is 0 Å². The second-order valence-electron chi connectivity index (χ2n) is 5.11. The van der Waals surface area contributed by atoms with E-state index in [1.165, 1.54) is 25.7 Å². The molecule has 1 atom stereocenters. The average Bonchev–Trinajstić information content (AvgIpc) is 2.53. The van der Waals surface area contributed by atoms with E-state index in [0.717, 1.165) is 6.42 Å². The summed E-state index contributed by atoms with van der Waals surface area (Å²) in [6.07, 6.45) is 5.31.